The third-order valence-electron chi connectivity index (χ3n) is 2.27. The molecule has 0 saturated heterocycles. The van der Waals surface area contributed by atoms with Gasteiger partial charge in [-0.2, -0.15) is 0 Å². The fourth-order valence-corrected chi connectivity index (χ4v) is 1.49. The van der Waals surface area contributed by atoms with Crippen molar-refractivity contribution in [1.82, 2.24) is 9.97 Å². The number of aromatic nitrogens is 2. The number of nitrogens with one attached hydrogen (secondary N) is 1. The zero-order valence-corrected chi connectivity index (χ0v) is 9.58. The minimum absolute atomic E-state index is 0.0964. The van der Waals surface area contributed by atoms with E-state index in [0.29, 0.717) is 11.5 Å². The van der Waals surface area contributed by atoms with Crippen molar-refractivity contribution in [2.75, 3.05) is 0 Å². The van der Waals surface area contributed by atoms with Crippen molar-refractivity contribution in [2.45, 2.75) is 6.92 Å². The van der Waals surface area contributed by atoms with Crippen molar-refractivity contribution in [2.24, 2.45) is 0 Å². The topological polar surface area (TPSA) is 45.8 Å². The highest BCUT2D eigenvalue weighted by atomic mass is 19.1. The SMILES string of the molecule is Cc1cc(=O)[nH]c(C=Cc2cc(F)ccc2F)n1. The van der Waals surface area contributed by atoms with Gasteiger partial charge in [0.2, 0.25) is 0 Å². The summed E-state index contributed by atoms with van der Waals surface area (Å²) < 4.78 is 26.2. The number of H-pyrrole nitrogens is 1. The van der Waals surface area contributed by atoms with Gasteiger partial charge in [-0.05, 0) is 37.3 Å². The molecule has 0 aliphatic heterocycles. The highest BCUT2D eigenvalue weighted by Crippen LogP contribution is 2.12. The average Bonchev–Trinajstić information content (AvgIpc) is 2.29. The number of rotatable bonds is 2. The molecule has 2 aromatic rings. The minimum Gasteiger partial charge on any atom is -0.307 e. The minimum atomic E-state index is -0.539. The second kappa shape index (κ2) is 4.91. The Bertz CT molecular complexity index is 662. The third-order valence-corrected chi connectivity index (χ3v) is 2.27. The van der Waals surface area contributed by atoms with E-state index >= 15 is 0 Å². The Morgan fingerprint density at radius 1 is 1.22 bits per heavy atom. The third kappa shape index (κ3) is 2.88. The summed E-state index contributed by atoms with van der Waals surface area (Å²) in [4.78, 5) is 17.7. The largest absolute Gasteiger partial charge is 0.307 e. The van der Waals surface area contributed by atoms with Crippen LogP contribution in [0.3, 0.4) is 0 Å². The van der Waals surface area contributed by atoms with Gasteiger partial charge in [0.05, 0.1) is 0 Å². The average molecular weight is 248 g/mol. The maximum absolute atomic E-state index is 13.3. The van der Waals surface area contributed by atoms with Crippen LogP contribution in [0.25, 0.3) is 12.2 Å². The van der Waals surface area contributed by atoms with E-state index in [1.807, 2.05) is 0 Å². The number of benzene rings is 1. The van der Waals surface area contributed by atoms with E-state index in [1.165, 1.54) is 18.2 Å². The first kappa shape index (κ1) is 12.2. The molecule has 0 aliphatic carbocycles. The van der Waals surface area contributed by atoms with Crippen molar-refractivity contribution in [3.05, 3.63) is 63.3 Å². The van der Waals surface area contributed by atoms with Crippen molar-refractivity contribution in [1.29, 1.82) is 0 Å². The van der Waals surface area contributed by atoms with Crippen LogP contribution in [-0.4, -0.2) is 9.97 Å². The monoisotopic (exact) mass is 248 g/mol. The molecule has 18 heavy (non-hydrogen) atoms. The van der Waals surface area contributed by atoms with Crippen LogP contribution in [0.1, 0.15) is 17.1 Å². The lowest BCUT2D eigenvalue weighted by Gasteiger charge is -1.98. The molecule has 0 unspecified atom stereocenters. The molecule has 1 aromatic heterocycles. The van der Waals surface area contributed by atoms with Crippen molar-refractivity contribution in [3.63, 3.8) is 0 Å². The molecule has 0 amide bonds. The molecule has 1 N–H and O–H groups in total. The molecule has 1 aromatic carbocycles. The summed E-state index contributed by atoms with van der Waals surface area (Å²) in [6.45, 7) is 1.68. The quantitative estimate of drug-likeness (QED) is 0.887. The van der Waals surface area contributed by atoms with E-state index < -0.39 is 11.6 Å². The normalized spacial score (nSPS) is 11.1. The van der Waals surface area contributed by atoms with Crippen molar-refractivity contribution < 1.29 is 8.78 Å². The van der Waals surface area contributed by atoms with Crippen LogP contribution in [0.2, 0.25) is 0 Å². The Balaban J connectivity index is 2.35. The molecule has 2 rings (SSSR count). The Labute approximate surface area is 102 Å². The van der Waals surface area contributed by atoms with Crippen LogP contribution in [0, 0.1) is 18.6 Å². The highest BCUT2D eigenvalue weighted by molar-refractivity contribution is 5.66. The van der Waals surface area contributed by atoms with Gasteiger partial charge in [0.1, 0.15) is 17.5 Å². The van der Waals surface area contributed by atoms with Gasteiger partial charge >= 0.3 is 0 Å². The second-order valence-corrected chi connectivity index (χ2v) is 3.77. The van der Waals surface area contributed by atoms with Crippen molar-refractivity contribution in [3.8, 4) is 0 Å². The number of halogens is 2. The zero-order chi connectivity index (χ0) is 13.1. The molecule has 3 nitrogen and oxygen atoms in total. The lowest BCUT2D eigenvalue weighted by atomic mass is 10.2. The molecule has 0 fully saturated rings. The summed E-state index contributed by atoms with van der Waals surface area (Å²) in [5, 5.41) is 0. The Morgan fingerprint density at radius 2 is 2.00 bits per heavy atom. The van der Waals surface area contributed by atoms with Gasteiger partial charge in [0.25, 0.3) is 5.56 Å². The maximum atomic E-state index is 13.3. The van der Waals surface area contributed by atoms with Gasteiger partial charge < -0.3 is 4.98 Å². The molecule has 0 saturated carbocycles. The predicted molar refractivity (Wildman–Crippen MR) is 64.9 cm³/mol. The molecule has 92 valence electrons. The first-order valence-corrected chi connectivity index (χ1v) is 5.26. The number of hydrogen-bond donors (Lipinski definition) is 1. The van der Waals surface area contributed by atoms with E-state index in [4.69, 9.17) is 0 Å². The lowest BCUT2D eigenvalue weighted by molar-refractivity contribution is 0.598. The van der Waals surface area contributed by atoms with Gasteiger partial charge in [0.15, 0.2) is 0 Å². The second-order valence-electron chi connectivity index (χ2n) is 3.77. The summed E-state index contributed by atoms with van der Waals surface area (Å²) in [5.74, 6) is -0.770. The molecule has 0 atom stereocenters. The van der Waals surface area contributed by atoms with Crippen LogP contribution >= 0.6 is 0 Å². The molecule has 0 bridgehead atoms. The Hall–Kier alpha value is -2.30. The Morgan fingerprint density at radius 3 is 2.72 bits per heavy atom. The summed E-state index contributed by atoms with van der Waals surface area (Å²) in [7, 11) is 0. The molecular formula is C13H10F2N2O. The number of hydrogen-bond acceptors (Lipinski definition) is 2. The number of nitrogens with zero attached hydrogens (tertiary/aromatic N) is 1. The van der Waals surface area contributed by atoms with Crippen LogP contribution < -0.4 is 5.56 Å². The van der Waals surface area contributed by atoms with Gasteiger partial charge in [-0.25, -0.2) is 13.8 Å². The first-order valence-electron chi connectivity index (χ1n) is 5.26. The van der Waals surface area contributed by atoms with Crippen LogP contribution in [0.4, 0.5) is 8.78 Å². The van der Waals surface area contributed by atoms with E-state index in [0.717, 1.165) is 18.2 Å². The zero-order valence-electron chi connectivity index (χ0n) is 9.58. The van der Waals surface area contributed by atoms with E-state index in [-0.39, 0.29) is 11.1 Å². The summed E-state index contributed by atoms with van der Waals surface area (Å²) in [6, 6.07) is 4.50. The highest BCUT2D eigenvalue weighted by Gasteiger charge is 2.00. The van der Waals surface area contributed by atoms with Gasteiger partial charge in [0, 0.05) is 17.3 Å². The van der Waals surface area contributed by atoms with E-state index in [2.05, 4.69) is 9.97 Å². The van der Waals surface area contributed by atoms with Gasteiger partial charge in [-0.3, -0.25) is 4.79 Å². The summed E-state index contributed by atoms with van der Waals surface area (Å²) >= 11 is 0. The molecule has 0 radical (unpaired) electrons. The van der Waals surface area contributed by atoms with Crippen LogP contribution in [-0.2, 0) is 0 Å². The summed E-state index contributed by atoms with van der Waals surface area (Å²) in [6.07, 6.45) is 2.78. The standard InChI is InChI=1S/C13H10F2N2O/c1-8-6-13(18)17-12(16-8)5-2-9-7-10(14)3-4-11(9)15/h2-7H,1H3,(H,16,17,18). The predicted octanol–water partition coefficient (Wildman–Crippen LogP) is 2.53. The fraction of sp³-hybridized carbons (Fsp3) is 0.0769. The fourth-order valence-electron chi connectivity index (χ4n) is 1.49. The molecule has 1 heterocycles. The first-order chi connectivity index (χ1) is 8.54. The van der Waals surface area contributed by atoms with Crippen LogP contribution in [0.5, 0.6) is 0 Å². The lowest BCUT2D eigenvalue weighted by Crippen LogP contribution is -2.08. The van der Waals surface area contributed by atoms with Gasteiger partial charge in [-0.15, -0.1) is 0 Å². The van der Waals surface area contributed by atoms with E-state index in [9.17, 15) is 13.6 Å². The summed E-state index contributed by atoms with van der Waals surface area (Å²) in [5.41, 5.74) is 0.360. The molecule has 0 aliphatic rings. The molecule has 5 heteroatoms. The maximum Gasteiger partial charge on any atom is 0.251 e. The molecular weight excluding hydrogens is 238 g/mol. The van der Waals surface area contributed by atoms with Gasteiger partial charge in [-0.1, -0.05) is 0 Å². The number of aromatic amines is 1. The number of aryl methyl sites for hydroxylation is 1. The van der Waals surface area contributed by atoms with Crippen LogP contribution in [0.15, 0.2) is 29.1 Å². The smallest absolute Gasteiger partial charge is 0.251 e. The Kier molecular flexibility index (Phi) is 3.32. The van der Waals surface area contributed by atoms with Crippen molar-refractivity contribution >= 4 is 12.2 Å². The molecule has 0 spiro atoms. The van der Waals surface area contributed by atoms with E-state index in [1.54, 1.807) is 6.92 Å².